The van der Waals surface area contributed by atoms with Crippen molar-refractivity contribution >= 4 is 21.4 Å². The predicted octanol–water partition coefficient (Wildman–Crippen LogP) is 7.01. The summed E-state index contributed by atoms with van der Waals surface area (Å²) >= 11 is 1.88. The third-order valence-electron chi connectivity index (χ3n) is 4.37. The molecule has 1 nitrogen and oxygen atoms in total. The number of benzene rings is 2. The molecule has 2 aromatic carbocycles. The van der Waals surface area contributed by atoms with E-state index >= 15 is 0 Å². The molecule has 0 saturated heterocycles. The Labute approximate surface area is 149 Å². The number of rotatable bonds is 7. The molecule has 0 aliphatic heterocycles. The number of hydrogen-bond donors (Lipinski definition) is 0. The number of thiophene rings is 1. The average molecular weight is 339 g/mol. The van der Waals surface area contributed by atoms with Crippen LogP contribution < -0.4 is 4.74 Å². The fraction of sp³-hybridized carbons (Fsp3) is 0.364. The van der Waals surface area contributed by atoms with Gasteiger partial charge in [0.15, 0.2) is 0 Å². The van der Waals surface area contributed by atoms with Crippen LogP contribution in [-0.2, 0) is 6.42 Å². The van der Waals surface area contributed by atoms with Gasteiger partial charge >= 0.3 is 0 Å². The van der Waals surface area contributed by atoms with Gasteiger partial charge in [-0.25, -0.2) is 0 Å². The van der Waals surface area contributed by atoms with Crippen molar-refractivity contribution in [3.63, 3.8) is 0 Å². The molecule has 0 N–H and O–H groups in total. The van der Waals surface area contributed by atoms with E-state index in [1.54, 1.807) is 0 Å². The van der Waals surface area contributed by atoms with Gasteiger partial charge < -0.3 is 4.74 Å². The summed E-state index contributed by atoms with van der Waals surface area (Å²) in [7, 11) is 0. The summed E-state index contributed by atoms with van der Waals surface area (Å²) in [5.74, 6) is 0.960. The van der Waals surface area contributed by atoms with Crippen molar-refractivity contribution in [2.24, 2.45) is 0 Å². The van der Waals surface area contributed by atoms with Crippen LogP contribution in [0.3, 0.4) is 0 Å². The third kappa shape index (κ3) is 3.81. The lowest BCUT2D eigenvalue weighted by atomic mass is 9.98. The first-order valence-corrected chi connectivity index (χ1v) is 9.79. The topological polar surface area (TPSA) is 9.23 Å². The quantitative estimate of drug-likeness (QED) is 0.421. The summed E-state index contributed by atoms with van der Waals surface area (Å²) in [4.78, 5) is 1.37. The summed E-state index contributed by atoms with van der Waals surface area (Å²) in [5.41, 5.74) is 4.24. The van der Waals surface area contributed by atoms with E-state index in [4.69, 9.17) is 4.74 Å². The third-order valence-corrected chi connectivity index (χ3v) is 5.52. The van der Waals surface area contributed by atoms with Crippen molar-refractivity contribution in [2.45, 2.75) is 46.5 Å². The molecule has 0 unspecified atom stereocenters. The minimum absolute atomic E-state index is 0.710. The van der Waals surface area contributed by atoms with Gasteiger partial charge in [0.05, 0.1) is 6.61 Å². The molecule has 0 radical (unpaired) electrons. The molecule has 0 bridgehead atoms. The normalized spacial score (nSPS) is 11.1. The molecular formula is C22H26OS. The van der Waals surface area contributed by atoms with Crippen molar-refractivity contribution in [2.75, 3.05) is 6.61 Å². The van der Waals surface area contributed by atoms with Crippen molar-refractivity contribution in [1.82, 2.24) is 0 Å². The van der Waals surface area contributed by atoms with E-state index in [9.17, 15) is 0 Å². The Morgan fingerprint density at radius 2 is 1.83 bits per heavy atom. The van der Waals surface area contributed by atoms with Crippen LogP contribution in [-0.4, -0.2) is 6.61 Å². The molecule has 3 aromatic rings. The van der Waals surface area contributed by atoms with Crippen LogP contribution >= 0.6 is 11.3 Å². The second-order valence-electron chi connectivity index (χ2n) is 6.36. The number of unbranched alkanes of at least 4 members (excludes halogenated alkanes) is 2. The van der Waals surface area contributed by atoms with Gasteiger partial charge in [0.2, 0.25) is 0 Å². The highest BCUT2D eigenvalue weighted by atomic mass is 32.1. The Morgan fingerprint density at radius 1 is 0.958 bits per heavy atom. The Hall–Kier alpha value is -1.80. The summed E-state index contributed by atoms with van der Waals surface area (Å²) in [5, 5.41) is 1.28. The number of ether oxygens (including phenoxy) is 1. The van der Waals surface area contributed by atoms with Crippen LogP contribution in [0.1, 0.15) is 44.2 Å². The van der Waals surface area contributed by atoms with E-state index in [0.29, 0.717) is 6.61 Å². The second kappa shape index (κ2) is 7.85. The van der Waals surface area contributed by atoms with E-state index in [1.807, 2.05) is 18.3 Å². The molecule has 0 fully saturated rings. The van der Waals surface area contributed by atoms with Gasteiger partial charge in [-0.15, -0.1) is 11.3 Å². The summed E-state index contributed by atoms with van der Waals surface area (Å²) in [6, 6.07) is 15.6. The molecule has 0 atom stereocenters. The average Bonchev–Trinajstić information content (AvgIpc) is 2.98. The van der Waals surface area contributed by atoms with Gasteiger partial charge in [-0.1, -0.05) is 43.5 Å². The lowest BCUT2D eigenvalue weighted by Gasteiger charge is -2.09. The molecule has 3 rings (SSSR count). The molecule has 2 heteroatoms. The predicted molar refractivity (Wildman–Crippen MR) is 106 cm³/mol. The second-order valence-corrected chi connectivity index (χ2v) is 7.44. The highest BCUT2D eigenvalue weighted by Crippen LogP contribution is 2.37. The molecule has 1 aromatic heterocycles. The van der Waals surface area contributed by atoms with Crippen molar-refractivity contribution in [1.29, 1.82) is 0 Å². The van der Waals surface area contributed by atoms with Crippen molar-refractivity contribution in [3.8, 4) is 16.2 Å². The Morgan fingerprint density at radius 3 is 2.62 bits per heavy atom. The maximum Gasteiger partial charge on any atom is 0.119 e. The first kappa shape index (κ1) is 17.0. The van der Waals surface area contributed by atoms with Gasteiger partial charge in [0.1, 0.15) is 5.75 Å². The minimum atomic E-state index is 0.710. The van der Waals surface area contributed by atoms with Gasteiger partial charge in [0, 0.05) is 9.58 Å². The van der Waals surface area contributed by atoms with E-state index in [1.165, 1.54) is 57.3 Å². The summed E-state index contributed by atoms with van der Waals surface area (Å²) < 4.78 is 6.97. The Balaban J connectivity index is 1.97. The van der Waals surface area contributed by atoms with E-state index in [2.05, 4.69) is 56.3 Å². The van der Waals surface area contributed by atoms with E-state index < -0.39 is 0 Å². The van der Waals surface area contributed by atoms with Crippen LogP contribution in [0.4, 0.5) is 0 Å². The van der Waals surface area contributed by atoms with Crippen LogP contribution in [0.2, 0.25) is 0 Å². The van der Waals surface area contributed by atoms with Crippen LogP contribution in [0.5, 0.6) is 5.75 Å². The van der Waals surface area contributed by atoms with Crippen molar-refractivity contribution in [3.05, 3.63) is 53.6 Å². The standard InChI is InChI=1S/C22H26OS/c1-4-6-7-8-17-13-16(3)9-11-20(17)22-15-18-14-19(23-5-2)10-12-21(18)24-22/h9-15H,4-8H2,1-3H3. The van der Waals surface area contributed by atoms with Crippen molar-refractivity contribution < 1.29 is 4.74 Å². The van der Waals surface area contributed by atoms with Gasteiger partial charge in [-0.2, -0.15) is 0 Å². The molecule has 1 heterocycles. The zero-order valence-corrected chi connectivity index (χ0v) is 15.7. The maximum atomic E-state index is 5.64. The monoisotopic (exact) mass is 338 g/mol. The van der Waals surface area contributed by atoms with Gasteiger partial charge in [0.25, 0.3) is 0 Å². The lowest BCUT2D eigenvalue weighted by Crippen LogP contribution is -1.91. The fourth-order valence-electron chi connectivity index (χ4n) is 3.15. The number of fused-ring (bicyclic) bond motifs is 1. The van der Waals surface area contributed by atoms with E-state index in [0.717, 1.165) is 5.75 Å². The van der Waals surface area contributed by atoms with Crippen LogP contribution in [0, 0.1) is 6.92 Å². The lowest BCUT2D eigenvalue weighted by molar-refractivity contribution is 0.341. The molecular weight excluding hydrogens is 312 g/mol. The highest BCUT2D eigenvalue weighted by molar-refractivity contribution is 7.22. The fourth-order valence-corrected chi connectivity index (χ4v) is 4.25. The molecule has 0 amide bonds. The van der Waals surface area contributed by atoms with Crippen LogP contribution in [0.15, 0.2) is 42.5 Å². The van der Waals surface area contributed by atoms with Gasteiger partial charge in [-0.3, -0.25) is 0 Å². The molecule has 126 valence electrons. The van der Waals surface area contributed by atoms with Gasteiger partial charge in [-0.05, 0) is 67.5 Å². The van der Waals surface area contributed by atoms with Crippen LogP contribution in [0.25, 0.3) is 20.5 Å². The largest absolute Gasteiger partial charge is 0.494 e. The Kier molecular flexibility index (Phi) is 5.57. The first-order chi connectivity index (χ1) is 11.7. The molecule has 0 aliphatic carbocycles. The first-order valence-electron chi connectivity index (χ1n) is 8.97. The summed E-state index contributed by atoms with van der Waals surface area (Å²) in [6.07, 6.45) is 5.01. The van der Waals surface area contributed by atoms with E-state index in [-0.39, 0.29) is 0 Å². The number of hydrogen-bond acceptors (Lipinski definition) is 2. The maximum absolute atomic E-state index is 5.64. The molecule has 0 saturated carbocycles. The smallest absolute Gasteiger partial charge is 0.119 e. The zero-order chi connectivity index (χ0) is 16.9. The SMILES string of the molecule is CCCCCc1cc(C)ccc1-c1cc2cc(OCC)ccc2s1. The summed E-state index contributed by atoms with van der Waals surface area (Å²) in [6.45, 7) is 7.19. The molecule has 0 spiro atoms. The zero-order valence-electron chi connectivity index (χ0n) is 14.9. The highest BCUT2D eigenvalue weighted by Gasteiger charge is 2.10. The Bertz CT molecular complexity index is 816. The molecule has 24 heavy (non-hydrogen) atoms. The molecule has 0 aliphatic rings. The minimum Gasteiger partial charge on any atom is -0.494 e. The number of aryl methyl sites for hydroxylation is 2.